The highest BCUT2D eigenvalue weighted by Crippen LogP contribution is 2.25. The highest BCUT2D eigenvalue weighted by atomic mass is 16.2. The second-order valence-corrected chi connectivity index (χ2v) is 6.84. The molecule has 3 rings (SSSR count). The monoisotopic (exact) mass is 338 g/mol. The number of amides is 2. The van der Waals surface area contributed by atoms with Crippen LogP contribution in [0.2, 0.25) is 0 Å². The summed E-state index contributed by atoms with van der Waals surface area (Å²) in [6.45, 7) is 1.50. The molecule has 1 aliphatic heterocycles. The third-order valence-corrected chi connectivity index (χ3v) is 5.05. The third-order valence-electron chi connectivity index (χ3n) is 5.05. The molecule has 1 aliphatic rings. The van der Waals surface area contributed by atoms with Gasteiger partial charge in [0.2, 0.25) is 5.91 Å². The van der Waals surface area contributed by atoms with E-state index in [2.05, 4.69) is 0 Å². The van der Waals surface area contributed by atoms with E-state index < -0.39 is 5.91 Å². The van der Waals surface area contributed by atoms with Crippen molar-refractivity contribution >= 4 is 22.6 Å². The number of rotatable bonds is 2. The second-order valence-electron chi connectivity index (χ2n) is 6.84. The third kappa shape index (κ3) is 4.01. The fraction of sp³-hybridized carbons (Fsp3) is 0.429. The molecule has 0 aromatic heterocycles. The quantitative estimate of drug-likeness (QED) is 0.895. The van der Waals surface area contributed by atoms with Crippen LogP contribution < -0.4 is 5.73 Å². The van der Waals surface area contributed by atoms with Gasteiger partial charge in [0.15, 0.2) is 0 Å². The van der Waals surface area contributed by atoms with Gasteiger partial charge < -0.3 is 10.6 Å². The predicted molar refractivity (Wildman–Crippen MR) is 101 cm³/mol. The number of hydrogen-bond donors (Lipinski definition) is 1. The van der Waals surface area contributed by atoms with Crippen molar-refractivity contribution in [2.45, 2.75) is 44.9 Å². The summed E-state index contributed by atoms with van der Waals surface area (Å²) in [5.74, 6) is -0.610. The molecule has 2 aromatic carbocycles. The van der Waals surface area contributed by atoms with Gasteiger partial charge in [0.25, 0.3) is 5.91 Å². The minimum absolute atomic E-state index is 0.0637. The summed E-state index contributed by atoms with van der Waals surface area (Å²) in [5, 5.41) is 1.76. The van der Waals surface area contributed by atoms with Crippen LogP contribution in [0.25, 0.3) is 10.8 Å². The van der Waals surface area contributed by atoms with Crippen molar-refractivity contribution in [1.82, 2.24) is 4.90 Å². The van der Waals surface area contributed by atoms with Gasteiger partial charge in [-0.3, -0.25) is 9.59 Å². The lowest BCUT2D eigenvalue weighted by Gasteiger charge is -2.25. The standard InChI is InChI=1S/C21H26N2O2/c22-20(24)18-13-12-16-10-6-7-11-17(16)19(18)21(25)23-14-8-4-2-1-3-5-9-15-23/h6-7,10-13H,1-5,8-9,14-15H2,(H2,22,24). The first-order valence-electron chi connectivity index (χ1n) is 9.29. The Hall–Kier alpha value is -2.36. The van der Waals surface area contributed by atoms with Gasteiger partial charge in [0.05, 0.1) is 11.1 Å². The first-order valence-corrected chi connectivity index (χ1v) is 9.29. The highest BCUT2D eigenvalue weighted by molar-refractivity contribution is 6.15. The van der Waals surface area contributed by atoms with Crippen molar-refractivity contribution in [2.24, 2.45) is 5.73 Å². The molecule has 2 N–H and O–H groups in total. The molecule has 0 saturated carbocycles. The van der Waals surface area contributed by atoms with Gasteiger partial charge in [0.1, 0.15) is 0 Å². The van der Waals surface area contributed by atoms with Crippen LogP contribution in [0.15, 0.2) is 36.4 Å². The summed E-state index contributed by atoms with van der Waals surface area (Å²) in [7, 11) is 0. The summed E-state index contributed by atoms with van der Waals surface area (Å²) in [6.07, 6.45) is 8.11. The van der Waals surface area contributed by atoms with Crippen molar-refractivity contribution in [3.8, 4) is 0 Å². The Morgan fingerprint density at radius 1 is 0.800 bits per heavy atom. The smallest absolute Gasteiger partial charge is 0.255 e. The summed E-state index contributed by atoms with van der Waals surface area (Å²) in [6, 6.07) is 11.2. The van der Waals surface area contributed by atoms with Gasteiger partial charge in [-0.05, 0) is 29.7 Å². The normalized spacial score (nSPS) is 16.6. The molecule has 0 unspecified atom stereocenters. The first kappa shape index (κ1) is 17.5. The van der Waals surface area contributed by atoms with Crippen molar-refractivity contribution in [3.05, 3.63) is 47.5 Å². The molecule has 0 aliphatic carbocycles. The molecule has 1 saturated heterocycles. The van der Waals surface area contributed by atoms with E-state index in [0.29, 0.717) is 11.1 Å². The van der Waals surface area contributed by atoms with Crippen molar-refractivity contribution in [2.75, 3.05) is 13.1 Å². The maximum atomic E-state index is 13.3. The Kier molecular flexibility index (Phi) is 5.69. The second kappa shape index (κ2) is 8.15. The van der Waals surface area contributed by atoms with Crippen molar-refractivity contribution in [3.63, 3.8) is 0 Å². The Bertz CT molecular complexity index is 760. The number of nitrogens with zero attached hydrogens (tertiary/aromatic N) is 1. The summed E-state index contributed by atoms with van der Waals surface area (Å²) < 4.78 is 0. The molecule has 0 atom stereocenters. The van der Waals surface area contributed by atoms with Gasteiger partial charge in [-0.15, -0.1) is 0 Å². The van der Waals surface area contributed by atoms with Crippen LogP contribution in [0, 0.1) is 0 Å². The molecule has 0 spiro atoms. The maximum absolute atomic E-state index is 13.3. The van der Waals surface area contributed by atoms with Crippen LogP contribution in [0.4, 0.5) is 0 Å². The number of primary amides is 1. The lowest BCUT2D eigenvalue weighted by molar-refractivity contribution is 0.0744. The average molecular weight is 338 g/mol. The number of hydrogen-bond acceptors (Lipinski definition) is 2. The molecule has 2 amide bonds. The molecule has 4 heteroatoms. The van der Waals surface area contributed by atoms with Crippen LogP contribution in [0.5, 0.6) is 0 Å². The predicted octanol–water partition coefficient (Wildman–Crippen LogP) is 4.13. The molecule has 2 aromatic rings. The van der Waals surface area contributed by atoms with E-state index in [0.717, 1.165) is 49.5 Å². The van der Waals surface area contributed by atoms with Crippen LogP contribution in [-0.2, 0) is 0 Å². The lowest BCUT2D eigenvalue weighted by Crippen LogP contribution is -2.35. The number of benzene rings is 2. The van der Waals surface area contributed by atoms with E-state index >= 15 is 0 Å². The molecule has 0 radical (unpaired) electrons. The number of carbonyl (C=O) groups excluding carboxylic acids is 2. The fourth-order valence-corrected chi connectivity index (χ4v) is 3.67. The summed E-state index contributed by atoms with van der Waals surface area (Å²) in [4.78, 5) is 27.2. The molecule has 132 valence electrons. The van der Waals surface area contributed by atoms with E-state index in [1.165, 1.54) is 19.3 Å². The summed E-state index contributed by atoms with van der Waals surface area (Å²) >= 11 is 0. The van der Waals surface area contributed by atoms with Crippen molar-refractivity contribution < 1.29 is 9.59 Å². The Morgan fingerprint density at radius 3 is 2.04 bits per heavy atom. The minimum Gasteiger partial charge on any atom is -0.366 e. The molecular weight excluding hydrogens is 312 g/mol. The van der Waals surface area contributed by atoms with Crippen LogP contribution in [0.1, 0.15) is 65.7 Å². The average Bonchev–Trinajstić information content (AvgIpc) is 2.64. The molecule has 25 heavy (non-hydrogen) atoms. The maximum Gasteiger partial charge on any atom is 0.255 e. The van der Waals surface area contributed by atoms with E-state index in [4.69, 9.17) is 5.73 Å². The van der Waals surface area contributed by atoms with E-state index in [9.17, 15) is 9.59 Å². The minimum atomic E-state index is -0.546. The zero-order valence-corrected chi connectivity index (χ0v) is 14.7. The van der Waals surface area contributed by atoms with Gasteiger partial charge in [-0.1, -0.05) is 62.4 Å². The molecule has 0 bridgehead atoms. The van der Waals surface area contributed by atoms with E-state index in [1.54, 1.807) is 6.07 Å². The Balaban J connectivity index is 1.99. The van der Waals surface area contributed by atoms with E-state index in [-0.39, 0.29) is 5.91 Å². The Labute approximate surface area is 149 Å². The van der Waals surface area contributed by atoms with Crippen LogP contribution in [-0.4, -0.2) is 29.8 Å². The lowest BCUT2D eigenvalue weighted by atomic mass is 9.97. The zero-order valence-electron chi connectivity index (χ0n) is 14.7. The van der Waals surface area contributed by atoms with Crippen LogP contribution in [0.3, 0.4) is 0 Å². The van der Waals surface area contributed by atoms with Crippen LogP contribution >= 0.6 is 0 Å². The highest BCUT2D eigenvalue weighted by Gasteiger charge is 2.23. The van der Waals surface area contributed by atoms with Gasteiger partial charge in [-0.25, -0.2) is 0 Å². The van der Waals surface area contributed by atoms with Gasteiger partial charge in [0, 0.05) is 13.1 Å². The number of carbonyl (C=O) groups is 2. The molecule has 1 fully saturated rings. The molecule has 1 heterocycles. The number of fused-ring (bicyclic) bond motifs is 1. The van der Waals surface area contributed by atoms with Crippen molar-refractivity contribution in [1.29, 1.82) is 0 Å². The molecular formula is C21H26N2O2. The number of nitrogens with two attached hydrogens (primary N) is 1. The summed E-state index contributed by atoms with van der Waals surface area (Å²) in [5.41, 5.74) is 6.35. The van der Waals surface area contributed by atoms with E-state index in [1.807, 2.05) is 35.2 Å². The van der Waals surface area contributed by atoms with Gasteiger partial charge in [-0.2, -0.15) is 0 Å². The largest absolute Gasteiger partial charge is 0.366 e. The topological polar surface area (TPSA) is 63.4 Å². The molecule has 4 nitrogen and oxygen atoms in total. The SMILES string of the molecule is NC(=O)c1ccc2ccccc2c1C(=O)N1CCCCCCCCC1. The van der Waals surface area contributed by atoms with Gasteiger partial charge >= 0.3 is 0 Å². The first-order chi connectivity index (χ1) is 12.2. The zero-order chi connectivity index (χ0) is 17.6. The Morgan fingerprint density at radius 2 is 1.40 bits per heavy atom. The fourth-order valence-electron chi connectivity index (χ4n) is 3.67.